The highest BCUT2D eigenvalue weighted by Gasteiger charge is 2.33. The van der Waals surface area contributed by atoms with E-state index in [0.717, 1.165) is 19.6 Å². The Hall–Kier alpha value is -1.74. The van der Waals surface area contributed by atoms with Crippen LogP contribution in [0.1, 0.15) is 26.2 Å². The summed E-state index contributed by atoms with van der Waals surface area (Å²) in [6, 6.07) is 0. The topological polar surface area (TPSA) is 61.9 Å². The minimum atomic E-state index is -0.656. The van der Waals surface area contributed by atoms with Crippen LogP contribution < -0.4 is 5.32 Å². The van der Waals surface area contributed by atoms with Crippen molar-refractivity contribution < 1.29 is 14.3 Å². The Balaban J connectivity index is 1.71. The molecule has 2 fully saturated rings. The highest BCUT2D eigenvalue weighted by Crippen LogP contribution is 2.14. The largest absolute Gasteiger partial charge is 0.436 e. The Morgan fingerprint density at radius 1 is 1.29 bits per heavy atom. The second-order valence-corrected chi connectivity index (χ2v) is 5.31. The first-order chi connectivity index (χ1) is 10.2. The Morgan fingerprint density at radius 3 is 2.71 bits per heavy atom. The SMILES string of the molecule is CCNC(=O)O[C@@H]1CCN(CC#CCN2CCCC2)C1=O. The summed E-state index contributed by atoms with van der Waals surface area (Å²) >= 11 is 0. The molecule has 0 unspecified atom stereocenters. The lowest BCUT2D eigenvalue weighted by atomic mass is 10.3. The van der Waals surface area contributed by atoms with Gasteiger partial charge in [0.05, 0.1) is 13.1 Å². The van der Waals surface area contributed by atoms with Crippen molar-refractivity contribution in [1.29, 1.82) is 0 Å². The van der Waals surface area contributed by atoms with E-state index < -0.39 is 12.2 Å². The van der Waals surface area contributed by atoms with E-state index in [-0.39, 0.29) is 5.91 Å². The fraction of sp³-hybridized carbons (Fsp3) is 0.733. The van der Waals surface area contributed by atoms with Crippen LogP contribution in [-0.4, -0.2) is 67.2 Å². The summed E-state index contributed by atoms with van der Waals surface area (Å²) in [6.45, 7) is 6.34. The van der Waals surface area contributed by atoms with E-state index in [0.29, 0.717) is 26.1 Å². The van der Waals surface area contributed by atoms with Crippen molar-refractivity contribution in [1.82, 2.24) is 15.1 Å². The molecular formula is C15H23N3O3. The van der Waals surface area contributed by atoms with Crippen molar-refractivity contribution in [3.63, 3.8) is 0 Å². The lowest BCUT2D eigenvalue weighted by molar-refractivity contribution is -0.134. The molecule has 0 spiro atoms. The number of rotatable bonds is 4. The number of hydrogen-bond donors (Lipinski definition) is 1. The Labute approximate surface area is 125 Å². The maximum Gasteiger partial charge on any atom is 0.407 e. The number of likely N-dealkylation sites (tertiary alicyclic amines) is 2. The third-order valence-corrected chi connectivity index (χ3v) is 3.71. The molecule has 0 aromatic heterocycles. The Kier molecular flexibility index (Phi) is 5.88. The predicted molar refractivity (Wildman–Crippen MR) is 78.6 cm³/mol. The fourth-order valence-corrected chi connectivity index (χ4v) is 2.55. The van der Waals surface area contributed by atoms with Gasteiger partial charge in [-0.05, 0) is 32.9 Å². The molecule has 2 rings (SSSR count). The molecule has 21 heavy (non-hydrogen) atoms. The molecule has 0 aromatic carbocycles. The van der Waals surface area contributed by atoms with Crippen molar-refractivity contribution >= 4 is 12.0 Å². The van der Waals surface area contributed by atoms with E-state index >= 15 is 0 Å². The standard InChI is InChI=1S/C15H23N3O3/c1-2-16-15(20)21-13-7-12-18(14(13)19)11-6-5-10-17-8-3-4-9-17/h13H,2-4,7-12H2,1H3,(H,16,20)/t13-/m1/s1. The molecule has 2 heterocycles. The van der Waals surface area contributed by atoms with Gasteiger partial charge in [0.2, 0.25) is 0 Å². The quantitative estimate of drug-likeness (QED) is 0.764. The van der Waals surface area contributed by atoms with Crippen LogP contribution in [0.25, 0.3) is 0 Å². The van der Waals surface area contributed by atoms with Crippen LogP contribution in [0.4, 0.5) is 4.79 Å². The van der Waals surface area contributed by atoms with E-state index in [9.17, 15) is 9.59 Å². The first-order valence-electron chi connectivity index (χ1n) is 7.62. The molecule has 0 saturated carbocycles. The summed E-state index contributed by atoms with van der Waals surface area (Å²) < 4.78 is 5.08. The van der Waals surface area contributed by atoms with Gasteiger partial charge in [-0.25, -0.2) is 4.79 Å². The molecule has 0 bridgehead atoms. The molecule has 6 nitrogen and oxygen atoms in total. The van der Waals surface area contributed by atoms with E-state index in [1.165, 1.54) is 12.8 Å². The number of nitrogens with one attached hydrogen (secondary N) is 1. The predicted octanol–water partition coefficient (Wildman–Crippen LogP) is 0.433. The molecule has 2 saturated heterocycles. The van der Waals surface area contributed by atoms with Gasteiger partial charge in [0.15, 0.2) is 6.10 Å². The van der Waals surface area contributed by atoms with Crippen LogP contribution in [0.5, 0.6) is 0 Å². The molecule has 0 radical (unpaired) electrons. The van der Waals surface area contributed by atoms with Gasteiger partial charge < -0.3 is 15.0 Å². The first kappa shape index (κ1) is 15.6. The summed E-state index contributed by atoms with van der Waals surface area (Å²) in [5.74, 6) is 6.01. The number of ether oxygens (including phenoxy) is 1. The van der Waals surface area contributed by atoms with Gasteiger partial charge in [-0.3, -0.25) is 9.69 Å². The van der Waals surface area contributed by atoms with E-state index in [2.05, 4.69) is 22.1 Å². The van der Waals surface area contributed by atoms with Gasteiger partial charge in [0.25, 0.3) is 5.91 Å². The molecule has 2 aliphatic rings. The fourth-order valence-electron chi connectivity index (χ4n) is 2.55. The third-order valence-electron chi connectivity index (χ3n) is 3.71. The Morgan fingerprint density at radius 2 is 2.00 bits per heavy atom. The van der Waals surface area contributed by atoms with Crippen LogP contribution in [0.15, 0.2) is 0 Å². The number of carbonyl (C=O) groups is 2. The van der Waals surface area contributed by atoms with Crippen LogP contribution in [0, 0.1) is 11.8 Å². The molecule has 1 atom stereocenters. The number of amides is 2. The monoisotopic (exact) mass is 293 g/mol. The molecule has 2 aliphatic heterocycles. The number of carbonyl (C=O) groups excluding carboxylic acids is 2. The first-order valence-corrected chi connectivity index (χ1v) is 7.62. The third kappa shape index (κ3) is 4.64. The van der Waals surface area contributed by atoms with Crippen molar-refractivity contribution in [2.24, 2.45) is 0 Å². The van der Waals surface area contributed by atoms with Crippen LogP contribution in [-0.2, 0) is 9.53 Å². The number of nitrogens with zero attached hydrogens (tertiary/aromatic N) is 2. The summed E-state index contributed by atoms with van der Waals surface area (Å²) in [6.07, 6.45) is 1.87. The molecule has 0 aliphatic carbocycles. The maximum atomic E-state index is 12.0. The molecule has 1 N–H and O–H groups in total. The zero-order chi connectivity index (χ0) is 15.1. The molecular weight excluding hydrogens is 270 g/mol. The highest BCUT2D eigenvalue weighted by molar-refractivity contribution is 5.85. The molecule has 2 amide bonds. The van der Waals surface area contributed by atoms with Gasteiger partial charge in [0.1, 0.15) is 0 Å². The summed E-state index contributed by atoms with van der Waals surface area (Å²) in [5.41, 5.74) is 0. The van der Waals surface area contributed by atoms with Gasteiger partial charge in [0, 0.05) is 19.5 Å². The summed E-state index contributed by atoms with van der Waals surface area (Å²) in [5, 5.41) is 2.53. The average molecular weight is 293 g/mol. The van der Waals surface area contributed by atoms with E-state index in [4.69, 9.17) is 4.74 Å². The summed E-state index contributed by atoms with van der Waals surface area (Å²) in [7, 11) is 0. The lowest BCUT2D eigenvalue weighted by Crippen LogP contribution is -2.35. The van der Waals surface area contributed by atoms with Crippen molar-refractivity contribution in [3.05, 3.63) is 0 Å². The maximum absolute atomic E-state index is 12.0. The Bertz CT molecular complexity index is 435. The highest BCUT2D eigenvalue weighted by atomic mass is 16.6. The van der Waals surface area contributed by atoms with Crippen molar-refractivity contribution in [3.8, 4) is 11.8 Å². The van der Waals surface area contributed by atoms with Crippen LogP contribution in [0.2, 0.25) is 0 Å². The average Bonchev–Trinajstić information content (AvgIpc) is 3.08. The summed E-state index contributed by atoms with van der Waals surface area (Å²) in [4.78, 5) is 27.3. The number of hydrogen-bond acceptors (Lipinski definition) is 4. The van der Waals surface area contributed by atoms with Gasteiger partial charge in [-0.2, -0.15) is 0 Å². The van der Waals surface area contributed by atoms with Crippen molar-refractivity contribution in [2.45, 2.75) is 32.3 Å². The molecule has 116 valence electrons. The van der Waals surface area contributed by atoms with E-state index in [1.54, 1.807) is 11.8 Å². The lowest BCUT2D eigenvalue weighted by Gasteiger charge is -2.14. The minimum Gasteiger partial charge on any atom is -0.436 e. The van der Waals surface area contributed by atoms with Gasteiger partial charge in [-0.1, -0.05) is 11.8 Å². The molecule has 6 heteroatoms. The number of alkyl carbamates (subject to hydrolysis) is 1. The smallest absolute Gasteiger partial charge is 0.407 e. The minimum absolute atomic E-state index is 0.142. The second-order valence-electron chi connectivity index (χ2n) is 5.31. The van der Waals surface area contributed by atoms with Gasteiger partial charge >= 0.3 is 6.09 Å². The normalized spacial score (nSPS) is 22.0. The van der Waals surface area contributed by atoms with Crippen LogP contribution >= 0.6 is 0 Å². The van der Waals surface area contributed by atoms with Crippen LogP contribution in [0.3, 0.4) is 0 Å². The zero-order valence-corrected chi connectivity index (χ0v) is 12.6. The van der Waals surface area contributed by atoms with Crippen molar-refractivity contribution in [2.75, 3.05) is 39.3 Å². The molecule has 0 aromatic rings. The zero-order valence-electron chi connectivity index (χ0n) is 12.6. The van der Waals surface area contributed by atoms with E-state index in [1.807, 2.05) is 0 Å². The second kappa shape index (κ2) is 7.89. The van der Waals surface area contributed by atoms with Gasteiger partial charge in [-0.15, -0.1) is 0 Å².